The van der Waals surface area contributed by atoms with E-state index in [4.69, 9.17) is 19.9 Å². The van der Waals surface area contributed by atoms with E-state index in [9.17, 15) is 19.5 Å². The molecular weight excluding hydrogens is 836 g/mol. The third-order valence-electron chi connectivity index (χ3n) is 13.9. The van der Waals surface area contributed by atoms with E-state index in [0.717, 1.165) is 54.4 Å². The number of hydrogen-bond acceptors (Lipinski definition) is 14. The highest BCUT2D eigenvalue weighted by Gasteiger charge is 2.41. The maximum Gasteiger partial charge on any atom is 0.319 e. The number of carbonyl (C=O) groups excluding carboxylic acids is 3. The third-order valence-corrected chi connectivity index (χ3v) is 13.9. The van der Waals surface area contributed by atoms with Crippen molar-refractivity contribution in [1.29, 1.82) is 0 Å². The van der Waals surface area contributed by atoms with Crippen molar-refractivity contribution in [3.63, 3.8) is 0 Å². The van der Waals surface area contributed by atoms with Crippen molar-refractivity contribution in [2.75, 3.05) is 98.0 Å². The Morgan fingerprint density at radius 3 is 2.38 bits per heavy atom. The van der Waals surface area contributed by atoms with Gasteiger partial charge in [0, 0.05) is 95.0 Å². The molecule has 6 aliphatic rings. The number of urea groups is 1. The molecule has 4 N–H and O–H groups in total. The van der Waals surface area contributed by atoms with Crippen molar-refractivity contribution in [1.82, 2.24) is 25.3 Å². The number of nitrogens with zero attached hydrogens (tertiary/aromatic N) is 8. The second kappa shape index (κ2) is 17.8. The molecule has 7 heterocycles. The number of anilines is 5. The molecule has 1 aromatic heterocycles. The van der Waals surface area contributed by atoms with Crippen LogP contribution in [0.4, 0.5) is 37.8 Å². The van der Waals surface area contributed by atoms with E-state index in [2.05, 4.69) is 41.2 Å². The lowest BCUT2D eigenvalue weighted by Gasteiger charge is -2.51. The largest absolute Gasteiger partial charge is 0.507 e. The van der Waals surface area contributed by atoms with Gasteiger partial charge in [-0.1, -0.05) is 18.2 Å². The molecule has 4 amide bonds. The van der Waals surface area contributed by atoms with E-state index in [-0.39, 0.29) is 53.6 Å². The SMILES string of the molecule is CN(C(=O)N1CCC(Oc2cc(F)cc(N3[C@@H]4COC[C@H]3CN(c3cc(-c5ccccc5O)nnc3N)C4)c2)CC1)C1CCN(c2cccc3c2OCCN3[C@H]2CCC(=O)NC2=O)CC1. The number of morpholine rings is 1. The van der Waals surface area contributed by atoms with Gasteiger partial charge in [-0.3, -0.25) is 14.9 Å². The number of para-hydroxylation sites is 2. The average molecular weight is 891 g/mol. The average Bonchev–Trinajstić information content (AvgIpc) is 3.31. The molecule has 3 atom stereocenters. The van der Waals surface area contributed by atoms with Crippen LogP contribution in [0.5, 0.6) is 17.2 Å². The zero-order chi connectivity index (χ0) is 44.8. The molecule has 10 rings (SSSR count). The first-order valence-electron chi connectivity index (χ1n) is 22.7. The van der Waals surface area contributed by atoms with E-state index < -0.39 is 6.04 Å². The Labute approximate surface area is 376 Å². The standard InChI is InChI=1S/C47H55FN10O7/c1-53(30-11-15-54(16-12-30)38-6-4-7-39-44(38)64-20-19-57(39)40-9-10-43(60)50-46(40)61)47(62)55-17-13-34(14-18-55)65-35-22-29(48)21-31(23-35)58-32-25-56(26-33(58)28-63-27-32)41-24-37(51-52-45(41)49)36-5-2-3-8-42(36)59/h2-8,21-24,30,32-34,40,59H,9-20,25-28H2,1H3,(H2,49,52)(H,50,60,61)/t32-,33+,40-/m0/s1. The topological polar surface area (TPSA) is 182 Å². The quantitative estimate of drug-likeness (QED) is 0.214. The molecular formula is C47H55FN10O7. The lowest BCUT2D eigenvalue weighted by molar-refractivity contribution is -0.134. The summed E-state index contributed by atoms with van der Waals surface area (Å²) in [5.41, 5.74) is 10.7. The van der Waals surface area contributed by atoms with Gasteiger partial charge in [-0.2, -0.15) is 0 Å². The summed E-state index contributed by atoms with van der Waals surface area (Å²) >= 11 is 0. The minimum absolute atomic E-state index is 0.00175. The van der Waals surface area contributed by atoms with Crippen LogP contribution < -0.4 is 40.1 Å². The number of nitrogen functional groups attached to an aromatic ring is 1. The molecule has 65 heavy (non-hydrogen) atoms. The number of carbonyl (C=O) groups is 3. The summed E-state index contributed by atoms with van der Waals surface area (Å²) in [6.07, 6.45) is 3.46. The third kappa shape index (κ3) is 8.46. The van der Waals surface area contributed by atoms with Crippen molar-refractivity contribution >= 4 is 46.4 Å². The predicted octanol–water partition coefficient (Wildman–Crippen LogP) is 4.23. The number of amides is 4. The van der Waals surface area contributed by atoms with Gasteiger partial charge in [0.05, 0.1) is 54.6 Å². The van der Waals surface area contributed by atoms with Crippen LogP contribution in [0.3, 0.4) is 0 Å². The molecule has 0 spiro atoms. The maximum atomic E-state index is 15.4. The van der Waals surface area contributed by atoms with Crippen LogP contribution in [0.2, 0.25) is 0 Å². The van der Waals surface area contributed by atoms with Crippen molar-refractivity contribution in [2.24, 2.45) is 0 Å². The molecule has 3 aromatic carbocycles. The number of phenols is 1. The van der Waals surface area contributed by atoms with Crippen LogP contribution in [0.15, 0.2) is 66.7 Å². The Bertz CT molecular complexity index is 2430. The predicted molar refractivity (Wildman–Crippen MR) is 242 cm³/mol. The molecule has 6 aliphatic heterocycles. The molecule has 0 saturated carbocycles. The number of likely N-dealkylation sites (tertiary alicyclic amines) is 1. The summed E-state index contributed by atoms with van der Waals surface area (Å²) in [5.74, 6) is 0.732. The van der Waals surface area contributed by atoms with Crippen molar-refractivity contribution in [3.8, 4) is 28.5 Å². The summed E-state index contributed by atoms with van der Waals surface area (Å²) in [7, 11) is 1.89. The number of piperazine rings is 1. The number of imide groups is 1. The fraction of sp³-hybridized carbons (Fsp3) is 0.468. The Kier molecular flexibility index (Phi) is 11.6. The van der Waals surface area contributed by atoms with Gasteiger partial charge in [0.1, 0.15) is 36.1 Å². The molecule has 0 unspecified atom stereocenters. The summed E-state index contributed by atoms with van der Waals surface area (Å²) in [4.78, 5) is 50.9. The number of aromatic hydroxyl groups is 1. The molecule has 4 aromatic rings. The number of benzene rings is 3. The van der Waals surface area contributed by atoms with Crippen LogP contribution in [0, 0.1) is 5.82 Å². The second-order valence-corrected chi connectivity index (χ2v) is 17.9. The zero-order valence-corrected chi connectivity index (χ0v) is 36.5. The highest BCUT2D eigenvalue weighted by atomic mass is 19.1. The molecule has 0 aliphatic carbocycles. The highest BCUT2D eigenvalue weighted by molar-refractivity contribution is 6.02. The Morgan fingerprint density at radius 2 is 1.63 bits per heavy atom. The van der Waals surface area contributed by atoms with Gasteiger partial charge < -0.3 is 54.5 Å². The van der Waals surface area contributed by atoms with Gasteiger partial charge in [-0.25, -0.2) is 9.18 Å². The molecule has 2 bridgehead atoms. The van der Waals surface area contributed by atoms with Crippen LogP contribution in [0.25, 0.3) is 11.3 Å². The number of nitrogens with one attached hydrogen (secondary N) is 1. The number of rotatable bonds is 8. The van der Waals surface area contributed by atoms with Crippen LogP contribution in [0.1, 0.15) is 38.5 Å². The van der Waals surface area contributed by atoms with E-state index in [1.165, 1.54) is 6.07 Å². The zero-order valence-electron chi connectivity index (χ0n) is 36.5. The highest BCUT2D eigenvalue weighted by Crippen LogP contribution is 2.43. The van der Waals surface area contributed by atoms with Crippen molar-refractivity contribution in [2.45, 2.75) is 68.8 Å². The molecule has 5 saturated heterocycles. The van der Waals surface area contributed by atoms with Crippen LogP contribution >= 0.6 is 0 Å². The lowest BCUT2D eigenvalue weighted by atomic mass is 10.0. The van der Waals surface area contributed by atoms with Gasteiger partial charge in [0.25, 0.3) is 0 Å². The number of fused-ring (bicyclic) bond motifs is 3. The van der Waals surface area contributed by atoms with Crippen molar-refractivity contribution < 1.29 is 38.1 Å². The monoisotopic (exact) mass is 890 g/mol. The number of nitrogens with two attached hydrogens (primary N) is 1. The van der Waals surface area contributed by atoms with Gasteiger partial charge in [0.15, 0.2) is 11.6 Å². The number of halogens is 1. The Balaban J connectivity index is 0.733. The Hall–Kier alpha value is -6.56. The van der Waals surface area contributed by atoms with E-state index in [1.807, 2.05) is 47.2 Å². The number of aromatic nitrogens is 2. The minimum atomic E-state index is -0.414. The summed E-state index contributed by atoms with van der Waals surface area (Å²) in [6, 6.07) is 19.2. The normalized spacial score (nSPS) is 22.9. The molecule has 18 heteroatoms. The van der Waals surface area contributed by atoms with Gasteiger partial charge >= 0.3 is 6.03 Å². The minimum Gasteiger partial charge on any atom is -0.507 e. The number of phenolic OH excluding ortho intramolecular Hbond substituents is 1. The Morgan fingerprint density at radius 1 is 0.877 bits per heavy atom. The fourth-order valence-electron chi connectivity index (χ4n) is 10.5. The van der Waals surface area contributed by atoms with Gasteiger partial charge in [-0.05, 0) is 55.7 Å². The van der Waals surface area contributed by atoms with E-state index in [0.29, 0.717) is 101 Å². The second-order valence-electron chi connectivity index (χ2n) is 17.9. The summed E-state index contributed by atoms with van der Waals surface area (Å²) < 4.78 is 34.0. The van der Waals surface area contributed by atoms with Crippen LogP contribution in [-0.4, -0.2) is 146 Å². The fourth-order valence-corrected chi connectivity index (χ4v) is 10.5. The van der Waals surface area contributed by atoms with E-state index in [1.54, 1.807) is 24.3 Å². The van der Waals surface area contributed by atoms with E-state index >= 15 is 4.39 Å². The first-order chi connectivity index (χ1) is 31.6. The lowest BCUT2D eigenvalue weighted by Crippen LogP contribution is -2.65. The first kappa shape index (κ1) is 42.4. The molecule has 0 radical (unpaired) electrons. The molecule has 17 nitrogen and oxygen atoms in total. The number of ether oxygens (including phenoxy) is 3. The summed E-state index contributed by atoms with van der Waals surface area (Å²) in [5, 5.41) is 21.4. The number of piperidine rings is 3. The molecule has 5 fully saturated rings. The smallest absolute Gasteiger partial charge is 0.319 e. The first-order valence-corrected chi connectivity index (χ1v) is 22.7. The molecule has 342 valence electrons. The van der Waals surface area contributed by atoms with Gasteiger partial charge in [-0.15, -0.1) is 10.2 Å². The van der Waals surface area contributed by atoms with Gasteiger partial charge in [0.2, 0.25) is 11.8 Å². The number of hydrogen-bond donors (Lipinski definition) is 3. The summed E-state index contributed by atoms with van der Waals surface area (Å²) in [6.45, 7) is 5.57. The van der Waals surface area contributed by atoms with Crippen LogP contribution in [-0.2, 0) is 14.3 Å². The maximum absolute atomic E-state index is 15.4. The van der Waals surface area contributed by atoms with Crippen molar-refractivity contribution in [3.05, 3.63) is 72.5 Å².